The van der Waals surface area contributed by atoms with Crippen LogP contribution in [0.1, 0.15) is 57.1 Å². The van der Waals surface area contributed by atoms with Crippen LogP contribution in [0.25, 0.3) is 11.1 Å². The number of aliphatic carboxylic acids is 1. The summed E-state index contributed by atoms with van der Waals surface area (Å²) in [7, 11) is 0. The van der Waals surface area contributed by atoms with Crippen molar-refractivity contribution in [1.29, 1.82) is 0 Å². The van der Waals surface area contributed by atoms with Crippen molar-refractivity contribution in [2.24, 2.45) is 0 Å². The van der Waals surface area contributed by atoms with Crippen LogP contribution in [0.5, 0.6) is 0 Å². The number of carbonyl (C=O) groups is 3. The van der Waals surface area contributed by atoms with Gasteiger partial charge >= 0.3 is 12.1 Å². The molecule has 3 N–H and O–H groups in total. The Labute approximate surface area is 188 Å². The van der Waals surface area contributed by atoms with E-state index in [2.05, 4.69) is 22.8 Å². The molecule has 0 spiro atoms. The van der Waals surface area contributed by atoms with E-state index >= 15 is 0 Å². The van der Waals surface area contributed by atoms with Crippen LogP contribution in [0.2, 0.25) is 0 Å². The minimum atomic E-state index is -1.07. The van der Waals surface area contributed by atoms with Gasteiger partial charge in [-0.1, -0.05) is 61.9 Å². The van der Waals surface area contributed by atoms with Crippen molar-refractivity contribution >= 4 is 18.0 Å². The van der Waals surface area contributed by atoms with Crippen LogP contribution in [-0.4, -0.2) is 41.3 Å². The molecule has 7 nitrogen and oxygen atoms in total. The number of rotatable bonds is 9. The molecule has 2 aromatic rings. The lowest BCUT2D eigenvalue weighted by Crippen LogP contribution is -2.49. The molecule has 3 rings (SSSR count). The Bertz CT molecular complexity index is 956. The van der Waals surface area contributed by atoms with Gasteiger partial charge in [-0.2, -0.15) is 0 Å². The zero-order valence-corrected chi connectivity index (χ0v) is 18.7. The number of hydrogen-bond acceptors (Lipinski definition) is 4. The second kappa shape index (κ2) is 9.85. The van der Waals surface area contributed by atoms with Crippen LogP contribution in [0, 0.1) is 0 Å². The van der Waals surface area contributed by atoms with Crippen LogP contribution >= 0.6 is 0 Å². The number of carboxylic acids is 1. The van der Waals surface area contributed by atoms with Gasteiger partial charge in [0.25, 0.3) is 0 Å². The largest absolute Gasteiger partial charge is 0.480 e. The van der Waals surface area contributed by atoms with Crippen LogP contribution in [0.4, 0.5) is 4.79 Å². The summed E-state index contributed by atoms with van der Waals surface area (Å²) in [6.07, 6.45) is 0.304. The van der Waals surface area contributed by atoms with Crippen molar-refractivity contribution < 1.29 is 24.2 Å². The third-order valence-electron chi connectivity index (χ3n) is 5.60. The van der Waals surface area contributed by atoms with Crippen molar-refractivity contribution in [2.45, 2.75) is 57.5 Å². The van der Waals surface area contributed by atoms with Crippen LogP contribution in [-0.2, 0) is 14.3 Å². The highest BCUT2D eigenvalue weighted by atomic mass is 16.5. The van der Waals surface area contributed by atoms with Gasteiger partial charge in [-0.3, -0.25) is 4.79 Å². The molecule has 32 heavy (non-hydrogen) atoms. The van der Waals surface area contributed by atoms with Crippen LogP contribution in [0.15, 0.2) is 48.5 Å². The lowest BCUT2D eigenvalue weighted by atomic mass is 9.98. The number of carboxylic acid groups (broad SMARTS) is 1. The molecule has 2 amide bonds. The van der Waals surface area contributed by atoms with Crippen molar-refractivity contribution in [3.05, 3.63) is 59.7 Å². The average Bonchev–Trinajstić information content (AvgIpc) is 3.05. The maximum Gasteiger partial charge on any atom is 0.407 e. The summed E-state index contributed by atoms with van der Waals surface area (Å²) in [5.74, 6) is -1.55. The highest BCUT2D eigenvalue weighted by Gasteiger charge is 2.31. The fourth-order valence-electron chi connectivity index (χ4n) is 4.15. The van der Waals surface area contributed by atoms with E-state index in [1.54, 1.807) is 13.8 Å². The zero-order valence-electron chi connectivity index (χ0n) is 18.7. The molecule has 0 saturated heterocycles. The van der Waals surface area contributed by atoms with Gasteiger partial charge in [0.05, 0.1) is 0 Å². The molecule has 1 aliphatic carbocycles. The topological polar surface area (TPSA) is 105 Å². The lowest BCUT2D eigenvalue weighted by Gasteiger charge is -2.26. The van der Waals surface area contributed by atoms with Gasteiger partial charge in [0.2, 0.25) is 5.91 Å². The number of benzene rings is 2. The van der Waals surface area contributed by atoms with Gasteiger partial charge in [-0.25, -0.2) is 9.59 Å². The maximum atomic E-state index is 12.5. The summed E-state index contributed by atoms with van der Waals surface area (Å²) < 4.78 is 5.54. The number of nitrogens with one attached hydrogen (secondary N) is 2. The minimum absolute atomic E-state index is 0.0510. The Morgan fingerprint density at radius 2 is 1.59 bits per heavy atom. The number of hydrogen-bond donors (Lipinski definition) is 3. The van der Waals surface area contributed by atoms with Crippen LogP contribution in [0.3, 0.4) is 0 Å². The van der Waals surface area contributed by atoms with Crippen molar-refractivity contribution in [3.63, 3.8) is 0 Å². The van der Waals surface area contributed by atoms with E-state index in [0.29, 0.717) is 12.8 Å². The molecule has 0 bridgehead atoms. The first-order valence-electron chi connectivity index (χ1n) is 10.9. The van der Waals surface area contributed by atoms with E-state index in [9.17, 15) is 19.5 Å². The molecule has 0 aromatic heterocycles. The molecule has 2 aromatic carbocycles. The SMILES string of the molecule is CCC[C@H](NC(=O)CC(C)(C)NC(=O)OCC1c2ccccc2-c2ccccc21)C(=O)O. The molecular formula is C25H30N2O5. The predicted molar refractivity (Wildman–Crippen MR) is 121 cm³/mol. The molecule has 0 fully saturated rings. The minimum Gasteiger partial charge on any atom is -0.480 e. The van der Waals surface area contributed by atoms with E-state index in [1.807, 2.05) is 43.3 Å². The average molecular weight is 439 g/mol. The van der Waals surface area contributed by atoms with Gasteiger partial charge < -0.3 is 20.5 Å². The van der Waals surface area contributed by atoms with Crippen molar-refractivity contribution in [2.75, 3.05) is 6.61 Å². The molecule has 0 heterocycles. The van der Waals surface area contributed by atoms with E-state index in [4.69, 9.17) is 4.74 Å². The first kappa shape index (κ1) is 23.3. The van der Waals surface area contributed by atoms with Crippen molar-refractivity contribution in [3.8, 4) is 11.1 Å². The highest BCUT2D eigenvalue weighted by Crippen LogP contribution is 2.44. The number of fused-ring (bicyclic) bond motifs is 3. The van der Waals surface area contributed by atoms with Gasteiger partial charge in [-0.15, -0.1) is 0 Å². The van der Waals surface area contributed by atoms with Gasteiger partial charge in [0.15, 0.2) is 0 Å². The quantitative estimate of drug-likeness (QED) is 0.548. The summed E-state index contributed by atoms with van der Waals surface area (Å²) >= 11 is 0. The number of amides is 2. The molecule has 0 radical (unpaired) electrons. The van der Waals surface area contributed by atoms with Gasteiger partial charge in [-0.05, 0) is 42.5 Å². The van der Waals surface area contributed by atoms with Crippen LogP contribution < -0.4 is 10.6 Å². The number of carbonyl (C=O) groups excluding carboxylic acids is 2. The maximum absolute atomic E-state index is 12.5. The first-order chi connectivity index (χ1) is 15.2. The molecule has 170 valence electrons. The van der Waals surface area contributed by atoms with Crippen molar-refractivity contribution in [1.82, 2.24) is 10.6 Å². The first-order valence-corrected chi connectivity index (χ1v) is 10.9. The molecule has 1 atom stereocenters. The fraction of sp³-hybridized carbons (Fsp3) is 0.400. The summed E-state index contributed by atoms with van der Waals surface area (Å²) in [6, 6.07) is 15.2. The standard InChI is InChI=1S/C25H30N2O5/c1-4-9-21(23(29)30)26-22(28)14-25(2,3)27-24(31)32-15-20-18-12-7-5-10-16(18)17-11-6-8-13-19(17)20/h5-8,10-13,20-21H,4,9,14-15H2,1-3H3,(H,26,28)(H,27,31)(H,29,30)/t21-/m0/s1. The van der Waals surface area contributed by atoms with E-state index in [-0.39, 0.29) is 18.9 Å². The zero-order chi connectivity index (χ0) is 23.3. The van der Waals surface area contributed by atoms with E-state index in [0.717, 1.165) is 22.3 Å². The fourth-order valence-corrected chi connectivity index (χ4v) is 4.15. The highest BCUT2D eigenvalue weighted by molar-refractivity contribution is 5.84. The predicted octanol–water partition coefficient (Wildman–Crippen LogP) is 4.06. The van der Waals surface area contributed by atoms with E-state index < -0.39 is 29.6 Å². The molecule has 0 aliphatic heterocycles. The molecule has 7 heteroatoms. The Morgan fingerprint density at radius 3 is 2.12 bits per heavy atom. The third kappa shape index (κ3) is 5.46. The number of ether oxygens (including phenoxy) is 1. The Morgan fingerprint density at radius 1 is 1.03 bits per heavy atom. The second-order valence-corrected chi connectivity index (χ2v) is 8.76. The lowest BCUT2D eigenvalue weighted by molar-refractivity contribution is -0.142. The van der Waals surface area contributed by atoms with Gasteiger partial charge in [0, 0.05) is 17.9 Å². The van der Waals surface area contributed by atoms with E-state index in [1.165, 1.54) is 0 Å². The second-order valence-electron chi connectivity index (χ2n) is 8.76. The summed E-state index contributed by atoms with van der Waals surface area (Å²) in [5.41, 5.74) is 3.64. The molecular weight excluding hydrogens is 408 g/mol. The smallest absolute Gasteiger partial charge is 0.407 e. The Balaban J connectivity index is 1.57. The molecule has 0 saturated carbocycles. The molecule has 1 aliphatic rings. The summed E-state index contributed by atoms with van der Waals surface area (Å²) in [5, 5.41) is 14.4. The summed E-state index contributed by atoms with van der Waals surface area (Å²) in [6.45, 7) is 5.43. The van der Waals surface area contributed by atoms with Gasteiger partial charge in [0.1, 0.15) is 12.6 Å². The summed E-state index contributed by atoms with van der Waals surface area (Å²) in [4.78, 5) is 36.0. The molecule has 0 unspecified atom stereocenters. The Hall–Kier alpha value is -3.35. The Kier molecular flexibility index (Phi) is 7.18. The normalized spacial score (nSPS) is 13.6. The third-order valence-corrected chi connectivity index (χ3v) is 5.60. The monoisotopic (exact) mass is 438 g/mol. The number of alkyl carbamates (subject to hydrolysis) is 1.